The van der Waals surface area contributed by atoms with E-state index < -0.39 is 0 Å². The number of ether oxygens (including phenoxy) is 1. The van der Waals surface area contributed by atoms with Gasteiger partial charge in [-0.15, -0.1) is 0 Å². The molecule has 3 rings (SSSR count). The summed E-state index contributed by atoms with van der Waals surface area (Å²) >= 11 is 6.54. The highest BCUT2D eigenvalue weighted by Crippen LogP contribution is 2.33. The molecule has 0 N–H and O–H groups in total. The topological polar surface area (TPSA) is 52.8 Å². The second-order valence-corrected chi connectivity index (χ2v) is 6.01. The maximum Gasteiger partial charge on any atom is 0.222 e. The van der Waals surface area contributed by atoms with Crippen molar-refractivity contribution in [3.05, 3.63) is 35.1 Å². The zero-order chi connectivity index (χ0) is 16.6. The van der Waals surface area contributed by atoms with Gasteiger partial charge in [0.05, 0.1) is 28.6 Å². The summed E-state index contributed by atoms with van der Waals surface area (Å²) in [4.78, 5) is 9.05. The SMILES string of the molecule is CCOc1ncccc1-c1cc(Cl)c2c(n1)c(C)nn2C(C)C. The molecule has 5 nitrogen and oxygen atoms in total. The van der Waals surface area contributed by atoms with Crippen LogP contribution in [-0.4, -0.2) is 26.4 Å². The number of halogens is 1. The van der Waals surface area contributed by atoms with E-state index in [1.165, 1.54) is 0 Å². The van der Waals surface area contributed by atoms with Crippen molar-refractivity contribution in [2.24, 2.45) is 0 Å². The van der Waals surface area contributed by atoms with E-state index in [9.17, 15) is 0 Å². The van der Waals surface area contributed by atoms with E-state index in [4.69, 9.17) is 21.3 Å². The van der Waals surface area contributed by atoms with Crippen LogP contribution in [0.1, 0.15) is 32.5 Å². The van der Waals surface area contributed by atoms with Gasteiger partial charge < -0.3 is 4.74 Å². The Morgan fingerprint density at radius 1 is 1.35 bits per heavy atom. The molecular weight excluding hydrogens is 312 g/mol. The summed E-state index contributed by atoms with van der Waals surface area (Å²) in [6.45, 7) is 8.57. The summed E-state index contributed by atoms with van der Waals surface area (Å²) in [5.41, 5.74) is 4.11. The largest absolute Gasteiger partial charge is 0.477 e. The van der Waals surface area contributed by atoms with Gasteiger partial charge in [0.1, 0.15) is 11.0 Å². The second-order valence-electron chi connectivity index (χ2n) is 5.60. The molecule has 120 valence electrons. The Hall–Kier alpha value is -2.14. The Morgan fingerprint density at radius 3 is 2.83 bits per heavy atom. The van der Waals surface area contributed by atoms with Crippen LogP contribution in [0.15, 0.2) is 24.4 Å². The molecular formula is C17H19ClN4O. The van der Waals surface area contributed by atoms with Crippen LogP contribution in [0.3, 0.4) is 0 Å². The average Bonchev–Trinajstić information content (AvgIpc) is 2.86. The zero-order valence-corrected chi connectivity index (χ0v) is 14.4. The number of hydrogen-bond acceptors (Lipinski definition) is 4. The van der Waals surface area contributed by atoms with Crippen LogP contribution in [0.4, 0.5) is 0 Å². The minimum Gasteiger partial charge on any atom is -0.477 e. The first-order valence-electron chi connectivity index (χ1n) is 7.66. The smallest absolute Gasteiger partial charge is 0.222 e. The van der Waals surface area contributed by atoms with Crippen molar-refractivity contribution in [3.8, 4) is 17.1 Å². The number of hydrogen-bond donors (Lipinski definition) is 0. The minimum absolute atomic E-state index is 0.216. The van der Waals surface area contributed by atoms with Gasteiger partial charge in [-0.25, -0.2) is 9.97 Å². The number of pyridine rings is 2. The molecule has 3 aromatic heterocycles. The quantitative estimate of drug-likeness (QED) is 0.710. The predicted molar refractivity (Wildman–Crippen MR) is 92.1 cm³/mol. The van der Waals surface area contributed by atoms with E-state index in [1.54, 1.807) is 6.20 Å². The van der Waals surface area contributed by atoms with Crippen molar-refractivity contribution < 1.29 is 4.74 Å². The Labute approximate surface area is 140 Å². The molecule has 0 spiro atoms. The van der Waals surface area contributed by atoms with Crippen molar-refractivity contribution in [3.63, 3.8) is 0 Å². The number of rotatable bonds is 4. The molecule has 0 fully saturated rings. The first-order chi connectivity index (χ1) is 11.0. The molecule has 0 bridgehead atoms. The van der Waals surface area contributed by atoms with Crippen LogP contribution in [0.2, 0.25) is 5.02 Å². The predicted octanol–water partition coefficient (Wildman–Crippen LogP) is 4.43. The Kier molecular flexibility index (Phi) is 4.22. The van der Waals surface area contributed by atoms with Crippen molar-refractivity contribution in [1.82, 2.24) is 19.7 Å². The van der Waals surface area contributed by atoms with E-state index >= 15 is 0 Å². The van der Waals surface area contributed by atoms with Gasteiger partial charge >= 0.3 is 0 Å². The summed E-state index contributed by atoms with van der Waals surface area (Å²) < 4.78 is 7.52. The fourth-order valence-corrected chi connectivity index (χ4v) is 2.86. The number of nitrogens with zero attached hydrogens (tertiary/aromatic N) is 4. The second kappa shape index (κ2) is 6.16. The summed E-state index contributed by atoms with van der Waals surface area (Å²) in [7, 11) is 0. The monoisotopic (exact) mass is 330 g/mol. The van der Waals surface area contributed by atoms with Crippen LogP contribution in [-0.2, 0) is 0 Å². The van der Waals surface area contributed by atoms with E-state index in [-0.39, 0.29) is 6.04 Å². The standard InChI is InChI=1S/C17H19ClN4O/c1-5-23-17-12(7-6-8-19-17)14-9-13(18)16-15(20-14)11(4)21-22(16)10(2)3/h6-10H,5H2,1-4H3. The van der Waals surface area contributed by atoms with Crippen LogP contribution >= 0.6 is 11.6 Å². The highest BCUT2D eigenvalue weighted by atomic mass is 35.5. The molecule has 3 heterocycles. The third kappa shape index (κ3) is 2.77. The number of aromatic nitrogens is 4. The van der Waals surface area contributed by atoms with Gasteiger partial charge in [0, 0.05) is 12.2 Å². The lowest BCUT2D eigenvalue weighted by Gasteiger charge is -2.11. The molecule has 6 heteroatoms. The van der Waals surface area contributed by atoms with Crippen LogP contribution in [0.25, 0.3) is 22.3 Å². The minimum atomic E-state index is 0.216. The van der Waals surface area contributed by atoms with Crippen LogP contribution in [0, 0.1) is 6.92 Å². The highest BCUT2D eigenvalue weighted by molar-refractivity contribution is 6.35. The Balaban J connectivity index is 2.24. The molecule has 0 amide bonds. The normalized spacial score (nSPS) is 11.4. The fourth-order valence-electron chi connectivity index (χ4n) is 2.59. The van der Waals surface area contributed by atoms with Gasteiger partial charge in [-0.3, -0.25) is 4.68 Å². The molecule has 0 aromatic carbocycles. The molecule has 23 heavy (non-hydrogen) atoms. The fraction of sp³-hybridized carbons (Fsp3) is 0.353. The molecule has 0 unspecified atom stereocenters. The Morgan fingerprint density at radius 2 is 2.13 bits per heavy atom. The van der Waals surface area contributed by atoms with Crippen molar-refractivity contribution >= 4 is 22.6 Å². The van der Waals surface area contributed by atoms with Gasteiger partial charge in [-0.1, -0.05) is 11.6 Å². The highest BCUT2D eigenvalue weighted by Gasteiger charge is 2.18. The van der Waals surface area contributed by atoms with Crippen molar-refractivity contribution in [2.45, 2.75) is 33.7 Å². The van der Waals surface area contributed by atoms with Crippen molar-refractivity contribution in [2.75, 3.05) is 6.61 Å². The Bertz CT molecular complexity index is 857. The maximum atomic E-state index is 6.54. The first kappa shape index (κ1) is 15.7. The third-order valence-corrected chi connectivity index (χ3v) is 3.88. The third-order valence-electron chi connectivity index (χ3n) is 3.59. The number of aryl methyl sites for hydroxylation is 1. The van der Waals surface area contributed by atoms with Crippen LogP contribution in [0.5, 0.6) is 5.88 Å². The first-order valence-corrected chi connectivity index (χ1v) is 8.04. The molecule has 0 atom stereocenters. The van der Waals surface area contributed by atoms with E-state index in [1.807, 2.05) is 36.7 Å². The maximum absolute atomic E-state index is 6.54. The summed E-state index contributed by atoms with van der Waals surface area (Å²) in [6.07, 6.45) is 1.71. The number of fused-ring (bicyclic) bond motifs is 1. The molecule has 0 radical (unpaired) electrons. The molecule has 0 aliphatic rings. The lowest BCUT2D eigenvalue weighted by molar-refractivity contribution is 0.328. The summed E-state index contributed by atoms with van der Waals surface area (Å²) in [5.74, 6) is 0.562. The zero-order valence-electron chi connectivity index (χ0n) is 13.7. The average molecular weight is 331 g/mol. The van der Waals surface area contributed by atoms with E-state index in [2.05, 4.69) is 23.9 Å². The van der Waals surface area contributed by atoms with Gasteiger partial charge in [0.25, 0.3) is 0 Å². The molecule has 0 saturated heterocycles. The van der Waals surface area contributed by atoms with Gasteiger partial charge in [0.15, 0.2) is 0 Å². The van der Waals surface area contributed by atoms with Crippen molar-refractivity contribution in [1.29, 1.82) is 0 Å². The lowest BCUT2D eigenvalue weighted by atomic mass is 10.1. The molecule has 0 aliphatic carbocycles. The van der Waals surface area contributed by atoms with E-state index in [0.717, 1.165) is 28.0 Å². The van der Waals surface area contributed by atoms with Gasteiger partial charge in [0.2, 0.25) is 5.88 Å². The van der Waals surface area contributed by atoms with Crippen LogP contribution < -0.4 is 4.74 Å². The molecule has 3 aromatic rings. The van der Waals surface area contributed by atoms with Gasteiger partial charge in [-0.05, 0) is 45.9 Å². The molecule has 0 saturated carbocycles. The van der Waals surface area contributed by atoms with E-state index in [0.29, 0.717) is 17.5 Å². The summed E-state index contributed by atoms with van der Waals surface area (Å²) in [6, 6.07) is 5.87. The molecule has 0 aliphatic heterocycles. The van der Waals surface area contributed by atoms with Gasteiger partial charge in [-0.2, -0.15) is 5.10 Å². The summed E-state index contributed by atoms with van der Waals surface area (Å²) in [5, 5.41) is 5.20. The lowest BCUT2D eigenvalue weighted by Crippen LogP contribution is -2.03.